The number of aromatic nitrogens is 2. The predicted octanol–water partition coefficient (Wildman–Crippen LogP) is 2.14. The summed E-state index contributed by atoms with van der Waals surface area (Å²) in [5.74, 6) is -1.50. The Morgan fingerprint density at radius 1 is 1.24 bits per heavy atom. The van der Waals surface area contributed by atoms with Crippen molar-refractivity contribution in [1.29, 1.82) is 0 Å². The van der Waals surface area contributed by atoms with Crippen molar-refractivity contribution in [2.24, 2.45) is 0 Å². The van der Waals surface area contributed by atoms with Crippen LogP contribution in [0.4, 0.5) is 5.69 Å². The third-order valence-electron chi connectivity index (χ3n) is 2.61. The van der Waals surface area contributed by atoms with Gasteiger partial charge in [-0.3, -0.25) is 14.8 Å². The molecule has 0 aliphatic carbocycles. The zero-order valence-electron chi connectivity index (χ0n) is 11.3. The molecule has 106 valence electrons. The SMILES string of the molecule is Cc1cc(NC(=O)c2ncccc2/C=C/C(=O)O)ccn1. The normalized spacial score (nSPS) is 10.5. The van der Waals surface area contributed by atoms with Crippen LogP contribution in [-0.2, 0) is 4.79 Å². The monoisotopic (exact) mass is 283 g/mol. The smallest absolute Gasteiger partial charge is 0.328 e. The average molecular weight is 283 g/mol. The first kappa shape index (κ1) is 14.4. The van der Waals surface area contributed by atoms with Crippen molar-refractivity contribution in [1.82, 2.24) is 9.97 Å². The maximum atomic E-state index is 12.2. The standard InChI is InChI=1S/C15H13N3O3/c1-10-9-12(6-8-16-10)18-15(21)14-11(3-2-7-17-14)4-5-13(19)20/h2-9H,1H3,(H,19,20)(H,16,18,21)/b5-4+. The highest BCUT2D eigenvalue weighted by Crippen LogP contribution is 2.12. The van der Waals surface area contributed by atoms with Crippen LogP contribution in [0.15, 0.2) is 42.7 Å². The molecule has 6 heteroatoms. The number of nitrogens with one attached hydrogen (secondary N) is 1. The highest BCUT2D eigenvalue weighted by atomic mass is 16.4. The molecule has 0 aliphatic rings. The highest BCUT2D eigenvalue weighted by Gasteiger charge is 2.11. The quantitative estimate of drug-likeness (QED) is 0.839. The molecule has 2 rings (SSSR count). The molecule has 1 amide bonds. The Hall–Kier alpha value is -3.02. The first-order valence-electron chi connectivity index (χ1n) is 6.16. The fourth-order valence-corrected chi connectivity index (χ4v) is 1.72. The van der Waals surface area contributed by atoms with Crippen LogP contribution in [-0.4, -0.2) is 27.0 Å². The number of carbonyl (C=O) groups is 2. The number of hydrogen-bond acceptors (Lipinski definition) is 4. The van der Waals surface area contributed by atoms with Crippen LogP contribution in [0.2, 0.25) is 0 Å². The van der Waals surface area contributed by atoms with Gasteiger partial charge in [0.05, 0.1) is 0 Å². The van der Waals surface area contributed by atoms with Gasteiger partial charge in [-0.15, -0.1) is 0 Å². The topological polar surface area (TPSA) is 92.2 Å². The summed E-state index contributed by atoms with van der Waals surface area (Å²) in [5, 5.41) is 11.4. The van der Waals surface area contributed by atoms with E-state index in [0.717, 1.165) is 11.8 Å². The number of carboxylic acid groups (broad SMARTS) is 1. The predicted molar refractivity (Wildman–Crippen MR) is 77.8 cm³/mol. The number of carbonyl (C=O) groups excluding carboxylic acids is 1. The summed E-state index contributed by atoms with van der Waals surface area (Å²) in [4.78, 5) is 30.8. The van der Waals surface area contributed by atoms with Gasteiger partial charge in [-0.05, 0) is 31.2 Å². The lowest BCUT2D eigenvalue weighted by Crippen LogP contribution is -2.15. The molecule has 0 saturated carbocycles. The van der Waals surface area contributed by atoms with E-state index in [9.17, 15) is 9.59 Å². The third-order valence-corrected chi connectivity index (χ3v) is 2.61. The summed E-state index contributed by atoms with van der Waals surface area (Å²) >= 11 is 0. The van der Waals surface area contributed by atoms with E-state index in [1.807, 2.05) is 6.92 Å². The van der Waals surface area contributed by atoms with Gasteiger partial charge in [0.1, 0.15) is 5.69 Å². The Morgan fingerprint density at radius 2 is 2.05 bits per heavy atom. The number of carboxylic acids is 1. The second-order valence-electron chi connectivity index (χ2n) is 4.25. The lowest BCUT2D eigenvalue weighted by molar-refractivity contribution is -0.131. The molecule has 21 heavy (non-hydrogen) atoms. The first-order chi connectivity index (χ1) is 10.1. The lowest BCUT2D eigenvalue weighted by atomic mass is 10.1. The number of pyridine rings is 2. The molecule has 0 fully saturated rings. The van der Waals surface area contributed by atoms with E-state index in [4.69, 9.17) is 5.11 Å². The molecule has 0 aliphatic heterocycles. The van der Waals surface area contributed by atoms with Crippen LogP contribution in [0.5, 0.6) is 0 Å². The summed E-state index contributed by atoms with van der Waals surface area (Å²) in [6.45, 7) is 1.82. The van der Waals surface area contributed by atoms with E-state index >= 15 is 0 Å². The van der Waals surface area contributed by atoms with Crippen LogP contribution in [0, 0.1) is 6.92 Å². The van der Waals surface area contributed by atoms with Crippen molar-refractivity contribution in [3.8, 4) is 0 Å². The summed E-state index contributed by atoms with van der Waals surface area (Å²) in [7, 11) is 0. The number of hydrogen-bond donors (Lipinski definition) is 2. The molecule has 2 N–H and O–H groups in total. The van der Waals surface area contributed by atoms with Crippen molar-refractivity contribution in [3.05, 3.63) is 59.7 Å². The zero-order valence-corrected chi connectivity index (χ0v) is 11.3. The molecule has 0 radical (unpaired) electrons. The fraction of sp³-hybridized carbons (Fsp3) is 0.0667. The molecule has 0 unspecified atom stereocenters. The number of amides is 1. The molecular formula is C15H13N3O3. The van der Waals surface area contributed by atoms with Crippen LogP contribution in [0.3, 0.4) is 0 Å². The van der Waals surface area contributed by atoms with Crippen LogP contribution in [0.25, 0.3) is 6.08 Å². The van der Waals surface area contributed by atoms with Gasteiger partial charge in [-0.1, -0.05) is 6.07 Å². The van der Waals surface area contributed by atoms with Gasteiger partial charge in [-0.2, -0.15) is 0 Å². The number of nitrogens with zero attached hydrogens (tertiary/aromatic N) is 2. The number of aliphatic carboxylic acids is 1. The minimum atomic E-state index is -1.09. The van der Waals surface area contributed by atoms with E-state index in [0.29, 0.717) is 11.3 Å². The second-order valence-corrected chi connectivity index (χ2v) is 4.25. The Kier molecular flexibility index (Phi) is 4.40. The van der Waals surface area contributed by atoms with E-state index in [1.54, 1.807) is 30.5 Å². The molecule has 0 atom stereocenters. The van der Waals surface area contributed by atoms with E-state index in [1.165, 1.54) is 12.3 Å². The van der Waals surface area contributed by atoms with Crippen molar-refractivity contribution in [2.45, 2.75) is 6.92 Å². The van der Waals surface area contributed by atoms with Crippen molar-refractivity contribution in [2.75, 3.05) is 5.32 Å². The molecule has 0 aromatic carbocycles. The van der Waals surface area contributed by atoms with Gasteiger partial charge in [0, 0.05) is 35.4 Å². The maximum absolute atomic E-state index is 12.2. The van der Waals surface area contributed by atoms with Gasteiger partial charge in [0.15, 0.2) is 0 Å². The van der Waals surface area contributed by atoms with Crippen molar-refractivity contribution in [3.63, 3.8) is 0 Å². The largest absolute Gasteiger partial charge is 0.478 e. The number of aryl methyl sites for hydroxylation is 1. The zero-order chi connectivity index (χ0) is 15.2. The molecule has 0 bridgehead atoms. The van der Waals surface area contributed by atoms with E-state index < -0.39 is 11.9 Å². The van der Waals surface area contributed by atoms with Crippen LogP contribution >= 0.6 is 0 Å². The van der Waals surface area contributed by atoms with Gasteiger partial charge in [-0.25, -0.2) is 4.79 Å². The molecule has 2 aromatic heterocycles. The molecule has 2 aromatic rings. The molecule has 0 saturated heterocycles. The summed E-state index contributed by atoms with van der Waals surface area (Å²) in [6.07, 6.45) is 5.37. The molecule has 0 spiro atoms. The molecule has 6 nitrogen and oxygen atoms in total. The van der Waals surface area contributed by atoms with E-state index in [2.05, 4.69) is 15.3 Å². The van der Waals surface area contributed by atoms with Crippen LogP contribution in [0.1, 0.15) is 21.7 Å². The maximum Gasteiger partial charge on any atom is 0.328 e. The number of anilines is 1. The number of rotatable bonds is 4. The Bertz CT molecular complexity index is 711. The first-order valence-corrected chi connectivity index (χ1v) is 6.16. The lowest BCUT2D eigenvalue weighted by Gasteiger charge is -2.07. The molecule has 2 heterocycles. The van der Waals surface area contributed by atoms with Gasteiger partial charge in [0.2, 0.25) is 0 Å². The van der Waals surface area contributed by atoms with E-state index in [-0.39, 0.29) is 5.69 Å². The van der Waals surface area contributed by atoms with Crippen molar-refractivity contribution < 1.29 is 14.7 Å². The van der Waals surface area contributed by atoms with Gasteiger partial charge >= 0.3 is 5.97 Å². The Balaban J connectivity index is 2.25. The Morgan fingerprint density at radius 3 is 2.76 bits per heavy atom. The minimum absolute atomic E-state index is 0.157. The third kappa shape index (κ3) is 3.97. The Labute approximate surface area is 121 Å². The minimum Gasteiger partial charge on any atom is -0.478 e. The summed E-state index contributed by atoms with van der Waals surface area (Å²) in [6, 6.07) is 6.66. The fourth-order valence-electron chi connectivity index (χ4n) is 1.72. The second kappa shape index (κ2) is 6.42. The van der Waals surface area contributed by atoms with Gasteiger partial charge in [0.25, 0.3) is 5.91 Å². The van der Waals surface area contributed by atoms with Gasteiger partial charge < -0.3 is 10.4 Å². The van der Waals surface area contributed by atoms with Crippen molar-refractivity contribution >= 4 is 23.6 Å². The van der Waals surface area contributed by atoms with Crippen LogP contribution < -0.4 is 5.32 Å². The average Bonchev–Trinajstić information content (AvgIpc) is 2.45. The summed E-state index contributed by atoms with van der Waals surface area (Å²) in [5.41, 5.74) is 1.97. The summed E-state index contributed by atoms with van der Waals surface area (Å²) < 4.78 is 0. The highest BCUT2D eigenvalue weighted by molar-refractivity contribution is 6.05. The molecular weight excluding hydrogens is 270 g/mol.